The number of thiazole rings is 1. The Hall–Kier alpha value is -3.05. The minimum absolute atomic E-state index is 0.0100. The third kappa shape index (κ3) is 4.69. The lowest BCUT2D eigenvalue weighted by Crippen LogP contribution is -2.28. The molecule has 1 saturated heterocycles. The van der Waals surface area contributed by atoms with Crippen LogP contribution in [-0.4, -0.2) is 47.0 Å². The van der Waals surface area contributed by atoms with E-state index in [1.54, 1.807) is 13.3 Å². The topological polar surface area (TPSA) is 98.3 Å². The molecular formula is C22H26F2N6O2S. The molecule has 8 nitrogen and oxygen atoms in total. The largest absolute Gasteiger partial charge is 0.389 e. The van der Waals surface area contributed by atoms with Gasteiger partial charge in [-0.3, -0.25) is 4.79 Å². The lowest BCUT2D eigenvalue weighted by Gasteiger charge is -2.24. The minimum Gasteiger partial charge on any atom is -0.389 e. The number of hydrogen-bond acceptors (Lipinski definition) is 7. The molecule has 4 rings (SSSR count). The molecule has 1 fully saturated rings. The van der Waals surface area contributed by atoms with Gasteiger partial charge in [-0.25, -0.2) is 18.4 Å². The fourth-order valence-corrected chi connectivity index (χ4v) is 4.91. The third-order valence-electron chi connectivity index (χ3n) is 5.71. The highest BCUT2D eigenvalue weighted by Gasteiger charge is 2.26. The van der Waals surface area contributed by atoms with Crippen molar-refractivity contribution in [3.63, 3.8) is 0 Å². The summed E-state index contributed by atoms with van der Waals surface area (Å²) in [4.78, 5) is 19.4. The lowest BCUT2D eigenvalue weighted by molar-refractivity contribution is 0.0931. The molecule has 11 heteroatoms. The first-order chi connectivity index (χ1) is 15.9. The van der Waals surface area contributed by atoms with Crippen LogP contribution < -0.4 is 16.0 Å². The van der Waals surface area contributed by atoms with Gasteiger partial charge in [-0.05, 0) is 38.3 Å². The van der Waals surface area contributed by atoms with E-state index in [1.807, 2.05) is 11.6 Å². The summed E-state index contributed by atoms with van der Waals surface area (Å²) in [6.45, 7) is 4.18. The van der Waals surface area contributed by atoms with Gasteiger partial charge in [0.25, 0.3) is 5.91 Å². The molecule has 1 atom stereocenters. The molecule has 176 valence electrons. The highest BCUT2D eigenvalue weighted by atomic mass is 32.1. The molecule has 0 radical (unpaired) electrons. The van der Waals surface area contributed by atoms with Gasteiger partial charge in [0.2, 0.25) is 0 Å². The number of nitrogens with zero attached hydrogens (tertiary/aromatic N) is 4. The fraction of sp³-hybridized carbons (Fsp3) is 0.409. The molecule has 0 saturated carbocycles. The van der Waals surface area contributed by atoms with Gasteiger partial charge in [0, 0.05) is 26.7 Å². The Morgan fingerprint density at radius 3 is 2.76 bits per heavy atom. The molecule has 0 spiro atoms. The summed E-state index contributed by atoms with van der Waals surface area (Å²) in [6, 6.07) is 3.54. The Morgan fingerprint density at radius 2 is 2.06 bits per heavy atom. The van der Waals surface area contributed by atoms with Crippen molar-refractivity contribution in [2.24, 2.45) is 0 Å². The van der Waals surface area contributed by atoms with E-state index in [0.717, 1.165) is 61.6 Å². The highest BCUT2D eigenvalue weighted by molar-refractivity contribution is 7.19. The molecule has 3 aromatic rings. The molecule has 1 aromatic carbocycles. The van der Waals surface area contributed by atoms with E-state index in [1.165, 1.54) is 6.07 Å². The van der Waals surface area contributed by atoms with E-state index < -0.39 is 17.5 Å². The summed E-state index contributed by atoms with van der Waals surface area (Å²) in [5.41, 5.74) is 6.15. The quantitative estimate of drug-likeness (QED) is 0.555. The first-order valence-corrected chi connectivity index (χ1v) is 11.6. The molecule has 0 aliphatic carbocycles. The monoisotopic (exact) mass is 476 g/mol. The number of nitrogens with two attached hydrogens (primary N) is 1. The molecule has 33 heavy (non-hydrogen) atoms. The van der Waals surface area contributed by atoms with Crippen LogP contribution in [0.25, 0.3) is 10.6 Å². The van der Waals surface area contributed by atoms with Crippen molar-refractivity contribution in [3.8, 4) is 10.6 Å². The first-order valence-electron chi connectivity index (χ1n) is 10.8. The first kappa shape index (κ1) is 23.1. The van der Waals surface area contributed by atoms with Crippen LogP contribution in [0.15, 0.2) is 24.4 Å². The number of aromatic nitrogens is 3. The number of halogens is 2. The summed E-state index contributed by atoms with van der Waals surface area (Å²) < 4.78 is 35.7. The van der Waals surface area contributed by atoms with Crippen LogP contribution in [0.3, 0.4) is 0 Å². The van der Waals surface area contributed by atoms with Crippen LogP contribution in [0.1, 0.15) is 36.7 Å². The Bertz CT molecular complexity index is 1130. The highest BCUT2D eigenvalue weighted by Crippen LogP contribution is 2.35. The van der Waals surface area contributed by atoms with Gasteiger partial charge in [-0.1, -0.05) is 17.4 Å². The van der Waals surface area contributed by atoms with E-state index in [-0.39, 0.29) is 27.4 Å². The smallest absolute Gasteiger partial charge is 0.277 e. The summed E-state index contributed by atoms with van der Waals surface area (Å²) in [5, 5.41) is 7.33. The second-order valence-corrected chi connectivity index (χ2v) is 8.79. The summed E-state index contributed by atoms with van der Waals surface area (Å²) in [7, 11) is 1.72. The van der Waals surface area contributed by atoms with Crippen molar-refractivity contribution in [1.82, 2.24) is 14.8 Å². The Kier molecular flexibility index (Phi) is 6.89. The summed E-state index contributed by atoms with van der Waals surface area (Å²) >= 11 is 0.863. The molecule has 1 aliphatic heterocycles. The number of ether oxygens (including phenoxy) is 1. The van der Waals surface area contributed by atoms with E-state index in [2.05, 4.69) is 20.3 Å². The standard InChI is InChI=1S/C22H26F2N6O2S/c1-3-30-22(29-10-5-6-13(32-2)9-11-29)16(12-26-30)27-20(31)18-19(25)33-21(28-18)17-14(23)7-4-8-15(17)24/h4,7-8,12-13H,3,5-6,9-11,25H2,1-2H3,(H,27,31)/t13-/m1/s1. The number of amides is 1. The number of carbonyl (C=O) groups excluding carboxylic acids is 1. The molecular weight excluding hydrogens is 450 g/mol. The van der Waals surface area contributed by atoms with Gasteiger partial charge in [0.05, 0.1) is 17.9 Å². The molecule has 1 amide bonds. The van der Waals surface area contributed by atoms with E-state index in [0.29, 0.717) is 12.2 Å². The van der Waals surface area contributed by atoms with Crippen molar-refractivity contribution in [2.45, 2.75) is 38.8 Å². The van der Waals surface area contributed by atoms with Crippen LogP contribution in [-0.2, 0) is 11.3 Å². The van der Waals surface area contributed by atoms with Crippen molar-refractivity contribution >= 4 is 33.8 Å². The number of nitrogens with one attached hydrogen (secondary N) is 1. The number of carbonyl (C=O) groups is 1. The predicted octanol–water partition coefficient (Wildman–Crippen LogP) is 4.14. The molecule has 0 bridgehead atoms. The number of benzene rings is 1. The SMILES string of the molecule is CCn1ncc(NC(=O)c2nc(-c3c(F)cccc3F)sc2N)c1N1CCC[C@@H](OC)CC1. The zero-order valence-corrected chi connectivity index (χ0v) is 19.3. The second kappa shape index (κ2) is 9.84. The number of nitrogen functional groups attached to an aromatic ring is 1. The average molecular weight is 477 g/mol. The average Bonchev–Trinajstić information content (AvgIpc) is 3.28. The number of anilines is 3. The summed E-state index contributed by atoms with van der Waals surface area (Å²) in [5.74, 6) is -1.29. The maximum Gasteiger partial charge on any atom is 0.277 e. The minimum atomic E-state index is -0.766. The Morgan fingerprint density at radius 1 is 1.30 bits per heavy atom. The second-order valence-electron chi connectivity index (χ2n) is 7.76. The molecule has 3 heterocycles. The van der Waals surface area contributed by atoms with E-state index in [4.69, 9.17) is 10.5 Å². The zero-order valence-electron chi connectivity index (χ0n) is 18.5. The van der Waals surface area contributed by atoms with Gasteiger partial charge in [-0.15, -0.1) is 0 Å². The number of hydrogen-bond donors (Lipinski definition) is 2. The zero-order chi connectivity index (χ0) is 23.5. The van der Waals surface area contributed by atoms with Crippen LogP contribution in [0.4, 0.5) is 25.3 Å². The number of aryl methyl sites for hydroxylation is 1. The summed E-state index contributed by atoms with van der Waals surface area (Å²) in [6.07, 6.45) is 4.60. The predicted molar refractivity (Wildman–Crippen MR) is 125 cm³/mol. The normalized spacial score (nSPS) is 16.6. The maximum atomic E-state index is 14.2. The van der Waals surface area contributed by atoms with Gasteiger partial charge >= 0.3 is 0 Å². The van der Waals surface area contributed by atoms with Crippen LogP contribution in [0, 0.1) is 11.6 Å². The third-order valence-corrected chi connectivity index (χ3v) is 6.61. The van der Waals surface area contributed by atoms with Crippen molar-refractivity contribution in [1.29, 1.82) is 0 Å². The number of methoxy groups -OCH3 is 1. The van der Waals surface area contributed by atoms with Gasteiger partial charge < -0.3 is 20.7 Å². The van der Waals surface area contributed by atoms with Crippen LogP contribution in [0.5, 0.6) is 0 Å². The van der Waals surface area contributed by atoms with Gasteiger partial charge in [0.1, 0.15) is 27.3 Å². The molecule has 0 unspecified atom stereocenters. The molecule has 3 N–H and O–H groups in total. The van der Waals surface area contributed by atoms with Gasteiger partial charge in [0.15, 0.2) is 11.5 Å². The van der Waals surface area contributed by atoms with Crippen molar-refractivity contribution in [3.05, 3.63) is 41.7 Å². The number of rotatable bonds is 6. The Labute approximate surface area is 194 Å². The van der Waals surface area contributed by atoms with E-state index in [9.17, 15) is 13.6 Å². The van der Waals surface area contributed by atoms with E-state index >= 15 is 0 Å². The maximum absolute atomic E-state index is 14.2. The molecule has 2 aromatic heterocycles. The fourth-order valence-electron chi connectivity index (χ4n) is 4.03. The molecule has 1 aliphatic rings. The van der Waals surface area contributed by atoms with Crippen LogP contribution >= 0.6 is 11.3 Å². The van der Waals surface area contributed by atoms with Crippen molar-refractivity contribution < 1.29 is 18.3 Å². The Balaban J connectivity index is 1.60. The van der Waals surface area contributed by atoms with Gasteiger partial charge in [-0.2, -0.15) is 5.10 Å². The van der Waals surface area contributed by atoms with Crippen LogP contribution in [0.2, 0.25) is 0 Å². The lowest BCUT2D eigenvalue weighted by atomic mass is 10.2. The van der Waals surface area contributed by atoms with Crippen molar-refractivity contribution in [2.75, 3.05) is 36.1 Å².